The number of nitrogens with one attached hydrogen (secondary N) is 1. The van der Waals surface area contributed by atoms with E-state index in [1.807, 2.05) is 6.92 Å². The summed E-state index contributed by atoms with van der Waals surface area (Å²) in [5.74, 6) is -3.18. The first-order valence-corrected chi connectivity index (χ1v) is 13.7. The number of anilines is 1. The number of pyridine rings is 1. The van der Waals surface area contributed by atoms with Crippen LogP contribution in [0.3, 0.4) is 0 Å². The molecule has 2 atom stereocenters. The summed E-state index contributed by atoms with van der Waals surface area (Å²) in [4.78, 5) is 45.5. The van der Waals surface area contributed by atoms with Crippen LogP contribution in [0.2, 0.25) is 5.02 Å². The van der Waals surface area contributed by atoms with E-state index in [9.17, 15) is 23.2 Å². The van der Waals surface area contributed by atoms with Crippen LogP contribution in [0, 0.1) is 17.6 Å². The molecule has 3 aromatic rings. The van der Waals surface area contributed by atoms with Crippen molar-refractivity contribution in [2.24, 2.45) is 5.92 Å². The normalized spacial score (nSPS) is 19.3. The second kappa shape index (κ2) is 11.8. The number of carbonyl (C=O) groups is 3. The molecule has 2 aliphatic heterocycles. The molecule has 2 aromatic carbocycles. The summed E-state index contributed by atoms with van der Waals surface area (Å²) < 4.78 is 34.3. The van der Waals surface area contributed by atoms with Gasteiger partial charge in [-0.2, -0.15) is 0 Å². The van der Waals surface area contributed by atoms with E-state index in [1.165, 1.54) is 13.2 Å². The maximum Gasteiger partial charge on any atom is 0.338 e. The second-order valence-electron chi connectivity index (χ2n) is 10.2. The van der Waals surface area contributed by atoms with Crippen LogP contribution in [-0.2, 0) is 14.3 Å². The summed E-state index contributed by atoms with van der Waals surface area (Å²) in [6.07, 6.45) is 4.74. The number of esters is 1. The minimum absolute atomic E-state index is 0.188. The first-order chi connectivity index (χ1) is 19.7. The number of ether oxygens (including phenoxy) is 1. The third kappa shape index (κ3) is 5.59. The van der Waals surface area contributed by atoms with Crippen LogP contribution in [0.15, 0.2) is 54.7 Å². The average molecular weight is 580 g/mol. The number of rotatable bonds is 3. The zero-order valence-corrected chi connectivity index (χ0v) is 23.3. The summed E-state index contributed by atoms with van der Waals surface area (Å²) in [6, 6.07) is 10.3. The number of aromatic nitrogens is 1. The van der Waals surface area contributed by atoms with Crippen molar-refractivity contribution in [1.82, 2.24) is 9.88 Å². The van der Waals surface area contributed by atoms with Gasteiger partial charge in [-0.05, 0) is 66.8 Å². The van der Waals surface area contributed by atoms with Gasteiger partial charge >= 0.3 is 5.97 Å². The largest absolute Gasteiger partial charge is 0.465 e. The molecule has 0 aliphatic carbocycles. The van der Waals surface area contributed by atoms with Crippen molar-refractivity contribution in [3.63, 3.8) is 0 Å². The minimum Gasteiger partial charge on any atom is -0.465 e. The van der Waals surface area contributed by atoms with Crippen molar-refractivity contribution in [2.75, 3.05) is 19.0 Å². The third-order valence-corrected chi connectivity index (χ3v) is 7.94. The highest BCUT2D eigenvalue weighted by Gasteiger charge is 2.32. The van der Waals surface area contributed by atoms with Gasteiger partial charge in [0.1, 0.15) is 5.82 Å². The maximum atomic E-state index is 14.7. The highest BCUT2D eigenvalue weighted by molar-refractivity contribution is 6.31. The Labute approximate surface area is 241 Å². The monoisotopic (exact) mass is 579 g/mol. The molecule has 5 rings (SSSR count). The molecule has 1 aromatic heterocycles. The van der Waals surface area contributed by atoms with Crippen molar-refractivity contribution < 1.29 is 27.9 Å². The molecule has 0 radical (unpaired) electrons. The van der Waals surface area contributed by atoms with Crippen LogP contribution in [-0.4, -0.2) is 41.3 Å². The highest BCUT2D eigenvalue weighted by atomic mass is 35.5. The summed E-state index contributed by atoms with van der Waals surface area (Å²) in [7, 11) is 1.29. The van der Waals surface area contributed by atoms with Crippen LogP contribution in [0.1, 0.15) is 60.3 Å². The number of amides is 2. The van der Waals surface area contributed by atoms with E-state index in [0.29, 0.717) is 41.8 Å². The molecule has 0 saturated carbocycles. The fourth-order valence-corrected chi connectivity index (χ4v) is 5.64. The molecule has 10 heteroatoms. The van der Waals surface area contributed by atoms with E-state index in [-0.39, 0.29) is 46.5 Å². The molecule has 0 unspecified atom stereocenters. The predicted octanol–water partition coefficient (Wildman–Crippen LogP) is 6.58. The standard InChI is InChI=1S/C31H28ClF2N3O4/c1-17-5-3-8-25(37-14-12-19(16-26(37)38)28-22(33)10-9-21(32)29(28)34)24-15-18(11-13-35-24)27-20(31(40)41-2)6-4-7-23(27)36-30(17)39/h4,6-7,9-11,13,15-17,25H,3,5,8,12,14H2,1-2H3,(H,36,39)/t17-,25+/m1/s1. The Morgan fingerprint density at radius 2 is 1.93 bits per heavy atom. The highest BCUT2D eigenvalue weighted by Crippen LogP contribution is 2.38. The van der Waals surface area contributed by atoms with Crippen LogP contribution >= 0.6 is 11.6 Å². The van der Waals surface area contributed by atoms with Crippen molar-refractivity contribution in [2.45, 2.75) is 38.6 Å². The first kappa shape index (κ1) is 28.4. The van der Waals surface area contributed by atoms with Crippen molar-refractivity contribution in [1.29, 1.82) is 0 Å². The number of methoxy groups -OCH3 is 1. The van der Waals surface area contributed by atoms with Gasteiger partial charge in [-0.15, -0.1) is 0 Å². The Kier molecular flexibility index (Phi) is 8.17. The smallest absolute Gasteiger partial charge is 0.338 e. The zero-order valence-electron chi connectivity index (χ0n) is 22.5. The van der Waals surface area contributed by atoms with Gasteiger partial charge < -0.3 is 15.0 Å². The van der Waals surface area contributed by atoms with E-state index in [0.717, 1.165) is 12.1 Å². The Balaban J connectivity index is 1.58. The quantitative estimate of drug-likeness (QED) is 0.280. The lowest BCUT2D eigenvalue weighted by Crippen LogP contribution is -2.38. The maximum absolute atomic E-state index is 14.7. The Morgan fingerprint density at radius 1 is 1.12 bits per heavy atom. The number of hydrogen-bond acceptors (Lipinski definition) is 5. The van der Waals surface area contributed by atoms with Crippen molar-refractivity contribution in [3.8, 4) is 11.1 Å². The molecule has 2 amide bonds. The number of carbonyl (C=O) groups excluding carboxylic acids is 3. The molecule has 3 heterocycles. The molecule has 2 aliphatic rings. The van der Waals surface area contributed by atoms with E-state index in [1.54, 1.807) is 41.4 Å². The van der Waals surface area contributed by atoms with E-state index in [4.69, 9.17) is 16.3 Å². The fourth-order valence-electron chi connectivity index (χ4n) is 5.48. The van der Waals surface area contributed by atoms with Gasteiger partial charge in [-0.3, -0.25) is 14.6 Å². The molecule has 7 nitrogen and oxygen atoms in total. The Bertz CT molecular complexity index is 1570. The molecule has 212 valence electrons. The predicted molar refractivity (Wildman–Crippen MR) is 151 cm³/mol. The zero-order chi connectivity index (χ0) is 29.3. The lowest BCUT2D eigenvalue weighted by molar-refractivity contribution is -0.129. The topological polar surface area (TPSA) is 88.6 Å². The molecule has 0 saturated heterocycles. The van der Waals surface area contributed by atoms with Crippen molar-refractivity contribution >= 4 is 40.6 Å². The lowest BCUT2D eigenvalue weighted by Gasteiger charge is -2.34. The minimum atomic E-state index is -0.896. The SMILES string of the molecule is COC(=O)c1cccc2c1-c1ccnc(c1)[C@@H](N1CCC(c3c(F)ccc(Cl)c3F)=CC1=O)CCC[C@@H](C)C(=O)N2. The van der Waals surface area contributed by atoms with E-state index in [2.05, 4.69) is 10.3 Å². The van der Waals surface area contributed by atoms with Crippen LogP contribution in [0.5, 0.6) is 0 Å². The van der Waals surface area contributed by atoms with Gasteiger partial charge in [0, 0.05) is 36.0 Å². The number of benzene rings is 2. The lowest BCUT2D eigenvalue weighted by atomic mass is 9.91. The summed E-state index contributed by atoms with van der Waals surface area (Å²) in [5, 5.41) is 2.74. The molecule has 41 heavy (non-hydrogen) atoms. The Morgan fingerprint density at radius 3 is 2.68 bits per heavy atom. The molecule has 2 bridgehead atoms. The second-order valence-corrected chi connectivity index (χ2v) is 10.6. The van der Waals surface area contributed by atoms with E-state index >= 15 is 0 Å². The van der Waals surface area contributed by atoms with Gasteiger partial charge in [-0.1, -0.05) is 31.0 Å². The summed E-state index contributed by atoms with van der Waals surface area (Å²) in [5.41, 5.74) is 2.38. The van der Waals surface area contributed by atoms with E-state index < -0.39 is 29.6 Å². The van der Waals surface area contributed by atoms with Gasteiger partial charge in [0.15, 0.2) is 5.82 Å². The van der Waals surface area contributed by atoms with Gasteiger partial charge in [-0.25, -0.2) is 13.6 Å². The Hall–Kier alpha value is -4.11. The molecule has 0 spiro atoms. The average Bonchev–Trinajstić information content (AvgIpc) is 2.97. The number of nitrogens with zero attached hydrogens (tertiary/aromatic N) is 2. The van der Waals surface area contributed by atoms with Gasteiger partial charge in [0.05, 0.1) is 35.0 Å². The third-order valence-electron chi connectivity index (χ3n) is 7.65. The first-order valence-electron chi connectivity index (χ1n) is 13.3. The van der Waals surface area contributed by atoms with Crippen molar-refractivity contribution in [3.05, 3.63) is 88.2 Å². The summed E-state index contributed by atoms with van der Waals surface area (Å²) >= 11 is 5.88. The summed E-state index contributed by atoms with van der Waals surface area (Å²) in [6.45, 7) is 2.03. The number of fused-ring (bicyclic) bond motifs is 4. The van der Waals surface area contributed by atoms with Crippen LogP contribution < -0.4 is 5.32 Å². The molecule has 0 fully saturated rings. The number of halogens is 3. The number of hydrogen-bond donors (Lipinski definition) is 1. The molecule has 1 N–H and O–H groups in total. The molecular formula is C31H28ClF2N3O4. The van der Waals surface area contributed by atoms with Gasteiger partial charge in [0.2, 0.25) is 11.8 Å². The molecular weight excluding hydrogens is 552 g/mol. The van der Waals surface area contributed by atoms with Crippen LogP contribution in [0.25, 0.3) is 16.7 Å². The van der Waals surface area contributed by atoms with Gasteiger partial charge in [0.25, 0.3) is 0 Å². The fraction of sp³-hybridized carbons (Fsp3) is 0.290. The van der Waals surface area contributed by atoms with Crippen LogP contribution in [0.4, 0.5) is 14.5 Å².